The second kappa shape index (κ2) is 10.4. The molecule has 1 aromatic heterocycles. The Hall–Kier alpha value is -2.21. The van der Waals surface area contributed by atoms with Gasteiger partial charge in [0.05, 0.1) is 49.0 Å². The van der Waals surface area contributed by atoms with Gasteiger partial charge in [-0.3, -0.25) is 9.36 Å². The molecule has 7 nitrogen and oxygen atoms in total. The smallest absolute Gasteiger partial charge is 0.338 e. The van der Waals surface area contributed by atoms with Crippen molar-refractivity contribution in [3.05, 3.63) is 85.8 Å². The van der Waals surface area contributed by atoms with Gasteiger partial charge in [-0.1, -0.05) is 17.4 Å². The number of hydrogen-bond donors (Lipinski definition) is 1. The number of aromatic nitrogens is 1. The molecular weight excluding hydrogens is 668 g/mol. The highest BCUT2D eigenvalue weighted by atomic mass is 79.9. The van der Waals surface area contributed by atoms with Crippen LogP contribution in [0.3, 0.4) is 0 Å². The molecule has 182 valence electrons. The summed E-state index contributed by atoms with van der Waals surface area (Å²) in [5.41, 5.74) is 1.91. The number of esters is 1. The van der Waals surface area contributed by atoms with Gasteiger partial charge in [0.2, 0.25) is 0 Å². The number of hydrogen-bond acceptors (Lipinski definition) is 7. The van der Waals surface area contributed by atoms with E-state index >= 15 is 0 Å². The minimum atomic E-state index is -0.729. The highest BCUT2D eigenvalue weighted by Gasteiger charge is 2.33. The van der Waals surface area contributed by atoms with Crippen molar-refractivity contribution >= 4 is 71.2 Å². The number of phenols is 1. The molecule has 1 aliphatic heterocycles. The molecule has 1 aliphatic rings. The Morgan fingerprint density at radius 3 is 2.49 bits per heavy atom. The number of ether oxygens (including phenoxy) is 2. The van der Waals surface area contributed by atoms with Gasteiger partial charge in [-0.15, -0.1) is 0 Å². The molecule has 0 unspecified atom stereocenters. The van der Waals surface area contributed by atoms with Crippen LogP contribution in [0.2, 0.25) is 0 Å². The van der Waals surface area contributed by atoms with Crippen LogP contribution in [-0.4, -0.2) is 29.4 Å². The lowest BCUT2D eigenvalue weighted by Gasteiger charge is -2.25. The third kappa shape index (κ3) is 4.91. The van der Waals surface area contributed by atoms with E-state index < -0.39 is 12.0 Å². The molecule has 2 heterocycles. The van der Waals surface area contributed by atoms with E-state index in [0.717, 1.165) is 0 Å². The highest BCUT2D eigenvalue weighted by molar-refractivity contribution is 9.11. The lowest BCUT2D eigenvalue weighted by molar-refractivity contribution is -0.139. The van der Waals surface area contributed by atoms with E-state index in [9.17, 15) is 14.7 Å². The number of fused-ring (bicyclic) bond motifs is 1. The summed E-state index contributed by atoms with van der Waals surface area (Å²) in [5.74, 6) is 0.179. The molecule has 0 aliphatic carbocycles. The standard InChI is InChI=1S/C24H19Br3N2O5S/c1-4-34-23(32)19-11(2)28-24-29(20(19)13-5-6-17(33-3)14(25)10-13)22(31)18(35-24)9-12-7-15(26)21(30)16(27)8-12/h5-10,20,30H,4H2,1-3H3/b18-9+/t20-/m0/s1. The maximum Gasteiger partial charge on any atom is 0.338 e. The third-order valence-electron chi connectivity index (χ3n) is 5.35. The molecule has 0 bridgehead atoms. The zero-order valence-corrected chi connectivity index (χ0v) is 24.3. The molecule has 0 fully saturated rings. The second-order valence-corrected chi connectivity index (χ2v) is 11.1. The fourth-order valence-electron chi connectivity index (χ4n) is 3.78. The molecule has 4 rings (SSSR count). The molecule has 0 saturated carbocycles. The number of nitrogens with zero attached hydrogens (tertiary/aromatic N) is 2. The summed E-state index contributed by atoms with van der Waals surface area (Å²) in [4.78, 5) is 31.7. The predicted octanol–water partition coefficient (Wildman–Crippen LogP) is 4.80. The Bertz CT molecular complexity index is 1540. The SMILES string of the molecule is CCOC(=O)C1=C(C)N=c2s/c(=C/c3cc(Br)c(O)c(Br)c3)c(=O)n2[C@H]1c1ccc(OC)c(Br)c1. The fourth-order valence-corrected chi connectivity index (χ4v) is 6.61. The molecule has 0 amide bonds. The van der Waals surface area contributed by atoms with Crippen LogP contribution in [0.1, 0.15) is 31.0 Å². The van der Waals surface area contributed by atoms with Crippen LogP contribution < -0.4 is 19.6 Å². The lowest BCUT2D eigenvalue weighted by atomic mass is 9.96. The van der Waals surface area contributed by atoms with Crippen molar-refractivity contribution < 1.29 is 19.4 Å². The Morgan fingerprint density at radius 2 is 1.89 bits per heavy atom. The van der Waals surface area contributed by atoms with Crippen molar-refractivity contribution in [2.75, 3.05) is 13.7 Å². The minimum absolute atomic E-state index is 0.0726. The first-order valence-electron chi connectivity index (χ1n) is 10.4. The summed E-state index contributed by atoms with van der Waals surface area (Å²) in [6, 6.07) is 8.12. The normalized spacial score (nSPS) is 15.6. The lowest BCUT2D eigenvalue weighted by Crippen LogP contribution is -2.39. The van der Waals surface area contributed by atoms with Crippen molar-refractivity contribution in [1.82, 2.24) is 4.57 Å². The Balaban J connectivity index is 1.97. The molecule has 0 radical (unpaired) electrons. The number of carbonyl (C=O) groups is 1. The van der Waals surface area contributed by atoms with Gasteiger partial charge in [0, 0.05) is 0 Å². The minimum Gasteiger partial charge on any atom is -0.506 e. The zero-order chi connectivity index (χ0) is 25.4. The average Bonchev–Trinajstić information content (AvgIpc) is 3.10. The van der Waals surface area contributed by atoms with E-state index in [2.05, 4.69) is 52.8 Å². The number of aromatic hydroxyl groups is 1. The van der Waals surface area contributed by atoms with Gasteiger partial charge in [-0.2, -0.15) is 0 Å². The van der Waals surface area contributed by atoms with Gasteiger partial charge in [0.15, 0.2) is 4.80 Å². The molecule has 3 aromatic rings. The van der Waals surface area contributed by atoms with Crippen molar-refractivity contribution in [1.29, 1.82) is 0 Å². The molecule has 1 N–H and O–H groups in total. The Labute approximate surface area is 229 Å². The summed E-state index contributed by atoms with van der Waals surface area (Å²) < 4.78 is 14.3. The van der Waals surface area contributed by atoms with Gasteiger partial charge in [0.1, 0.15) is 11.5 Å². The molecule has 1 atom stereocenters. The van der Waals surface area contributed by atoms with Crippen molar-refractivity contribution in [2.45, 2.75) is 19.9 Å². The van der Waals surface area contributed by atoms with Crippen molar-refractivity contribution in [3.8, 4) is 11.5 Å². The monoisotopic (exact) mass is 684 g/mol. The number of allylic oxidation sites excluding steroid dienone is 1. The molecule has 0 spiro atoms. The first-order valence-corrected chi connectivity index (χ1v) is 13.6. The zero-order valence-electron chi connectivity index (χ0n) is 18.8. The van der Waals surface area contributed by atoms with Gasteiger partial charge in [-0.25, -0.2) is 9.79 Å². The van der Waals surface area contributed by atoms with Crippen LogP contribution in [0.25, 0.3) is 6.08 Å². The molecule has 35 heavy (non-hydrogen) atoms. The number of rotatable bonds is 5. The van der Waals surface area contributed by atoms with E-state index in [1.807, 2.05) is 12.1 Å². The van der Waals surface area contributed by atoms with Crippen LogP contribution in [0, 0.1) is 0 Å². The van der Waals surface area contributed by atoms with Gasteiger partial charge in [0.25, 0.3) is 5.56 Å². The van der Waals surface area contributed by atoms with Crippen LogP contribution in [0.15, 0.2) is 64.8 Å². The van der Waals surface area contributed by atoms with E-state index in [0.29, 0.717) is 50.9 Å². The molecule has 0 saturated heterocycles. The van der Waals surface area contributed by atoms with E-state index in [-0.39, 0.29) is 17.9 Å². The van der Waals surface area contributed by atoms with E-state index in [4.69, 9.17) is 9.47 Å². The van der Waals surface area contributed by atoms with Gasteiger partial charge >= 0.3 is 5.97 Å². The topological polar surface area (TPSA) is 90.1 Å². The summed E-state index contributed by atoms with van der Waals surface area (Å²) in [5, 5.41) is 10.0. The number of benzene rings is 2. The molecule has 2 aromatic carbocycles. The van der Waals surface area contributed by atoms with E-state index in [1.165, 1.54) is 15.9 Å². The Morgan fingerprint density at radius 1 is 1.20 bits per heavy atom. The number of methoxy groups -OCH3 is 1. The van der Waals surface area contributed by atoms with Crippen molar-refractivity contribution in [3.63, 3.8) is 0 Å². The molecular formula is C24H19Br3N2O5S. The predicted molar refractivity (Wildman–Crippen MR) is 145 cm³/mol. The van der Waals surface area contributed by atoms with Crippen LogP contribution in [-0.2, 0) is 9.53 Å². The fraction of sp³-hybridized carbons (Fsp3) is 0.208. The summed E-state index contributed by atoms with van der Waals surface area (Å²) >= 11 is 11.4. The van der Waals surface area contributed by atoms with Gasteiger partial charge < -0.3 is 14.6 Å². The van der Waals surface area contributed by atoms with Crippen LogP contribution in [0.4, 0.5) is 0 Å². The second-order valence-electron chi connectivity index (χ2n) is 7.53. The van der Waals surface area contributed by atoms with Crippen molar-refractivity contribution in [2.24, 2.45) is 4.99 Å². The van der Waals surface area contributed by atoms with Crippen LogP contribution >= 0.6 is 59.1 Å². The summed E-state index contributed by atoms with van der Waals surface area (Å²) in [7, 11) is 1.57. The first kappa shape index (κ1) is 25.9. The third-order valence-corrected chi connectivity index (χ3v) is 8.16. The number of halogens is 3. The maximum absolute atomic E-state index is 13.7. The summed E-state index contributed by atoms with van der Waals surface area (Å²) in [6.07, 6.45) is 1.73. The first-order chi connectivity index (χ1) is 16.7. The Kier molecular flexibility index (Phi) is 7.70. The van der Waals surface area contributed by atoms with Crippen LogP contribution in [0.5, 0.6) is 11.5 Å². The highest BCUT2D eigenvalue weighted by Crippen LogP contribution is 2.35. The molecule has 11 heteroatoms. The van der Waals surface area contributed by atoms with E-state index in [1.54, 1.807) is 45.2 Å². The summed E-state index contributed by atoms with van der Waals surface area (Å²) in [6.45, 7) is 3.67. The maximum atomic E-state index is 13.7. The quantitative estimate of drug-likeness (QED) is 0.390. The average molecular weight is 687 g/mol. The number of thiazole rings is 1. The largest absolute Gasteiger partial charge is 0.506 e. The van der Waals surface area contributed by atoms with Gasteiger partial charge in [-0.05, 0) is 103 Å². The number of carbonyl (C=O) groups excluding carboxylic acids is 1. The number of phenolic OH excluding ortho intramolecular Hbond substituents is 1.